The first-order valence-electron chi connectivity index (χ1n) is 6.97. The lowest BCUT2D eigenvalue weighted by atomic mass is 10.0. The number of hydrogen-bond donors (Lipinski definition) is 3. The molecular formula is C16H14N4O4. The zero-order valence-electron chi connectivity index (χ0n) is 12.5. The van der Waals surface area contributed by atoms with Gasteiger partial charge in [-0.25, -0.2) is 4.79 Å². The third-order valence-electron chi connectivity index (χ3n) is 3.28. The first-order chi connectivity index (χ1) is 11.5. The second-order valence-corrected chi connectivity index (χ2v) is 4.94. The molecule has 8 heteroatoms. The average molecular weight is 326 g/mol. The Labute approximate surface area is 137 Å². The van der Waals surface area contributed by atoms with Gasteiger partial charge in [0.15, 0.2) is 0 Å². The van der Waals surface area contributed by atoms with Crippen LogP contribution >= 0.6 is 0 Å². The van der Waals surface area contributed by atoms with E-state index in [1.54, 1.807) is 24.3 Å². The Bertz CT molecular complexity index is 798. The SMILES string of the molecule is [N-]=[N+]=Nc1ccccc1C(=O)NC(Cc1ccc(O)cc1)C(=O)O. The van der Waals surface area contributed by atoms with Gasteiger partial charge in [-0.1, -0.05) is 35.4 Å². The number of carboxylic acid groups (broad SMARTS) is 1. The van der Waals surface area contributed by atoms with Crippen LogP contribution in [0.25, 0.3) is 10.4 Å². The Morgan fingerprint density at radius 1 is 1.17 bits per heavy atom. The summed E-state index contributed by atoms with van der Waals surface area (Å²) in [5, 5.41) is 24.4. The first kappa shape index (κ1) is 16.9. The Morgan fingerprint density at radius 3 is 2.46 bits per heavy atom. The largest absolute Gasteiger partial charge is 0.508 e. The number of rotatable bonds is 6. The molecule has 0 bridgehead atoms. The number of amides is 1. The van der Waals surface area contributed by atoms with E-state index in [9.17, 15) is 19.8 Å². The number of carboxylic acids is 1. The number of aliphatic carboxylic acids is 1. The second kappa shape index (κ2) is 7.66. The van der Waals surface area contributed by atoms with Crippen LogP contribution in [0.2, 0.25) is 0 Å². The molecule has 0 saturated carbocycles. The van der Waals surface area contributed by atoms with E-state index in [0.717, 1.165) is 0 Å². The van der Waals surface area contributed by atoms with E-state index >= 15 is 0 Å². The molecule has 24 heavy (non-hydrogen) atoms. The number of phenolic OH excluding ortho intramolecular Hbond substituents is 1. The van der Waals surface area contributed by atoms with Gasteiger partial charge in [-0.05, 0) is 29.3 Å². The van der Waals surface area contributed by atoms with Crippen molar-refractivity contribution in [3.05, 3.63) is 70.1 Å². The summed E-state index contributed by atoms with van der Waals surface area (Å²) in [6.45, 7) is 0. The van der Waals surface area contributed by atoms with Crippen LogP contribution in [-0.4, -0.2) is 28.1 Å². The number of nitrogens with zero attached hydrogens (tertiary/aromatic N) is 3. The summed E-state index contributed by atoms with van der Waals surface area (Å²) in [4.78, 5) is 26.3. The molecule has 2 rings (SSSR count). The van der Waals surface area contributed by atoms with E-state index in [0.29, 0.717) is 5.56 Å². The summed E-state index contributed by atoms with van der Waals surface area (Å²) < 4.78 is 0. The summed E-state index contributed by atoms with van der Waals surface area (Å²) in [7, 11) is 0. The number of carbonyl (C=O) groups is 2. The molecule has 0 aliphatic rings. The van der Waals surface area contributed by atoms with Crippen molar-refractivity contribution in [1.82, 2.24) is 5.32 Å². The maximum Gasteiger partial charge on any atom is 0.326 e. The van der Waals surface area contributed by atoms with Crippen LogP contribution in [0.15, 0.2) is 53.6 Å². The fourth-order valence-corrected chi connectivity index (χ4v) is 2.10. The quantitative estimate of drug-likeness (QED) is 0.427. The lowest BCUT2D eigenvalue weighted by Crippen LogP contribution is -2.42. The highest BCUT2D eigenvalue weighted by Gasteiger charge is 2.22. The van der Waals surface area contributed by atoms with Crippen LogP contribution in [0.4, 0.5) is 5.69 Å². The van der Waals surface area contributed by atoms with Crippen molar-refractivity contribution in [2.24, 2.45) is 5.11 Å². The summed E-state index contributed by atoms with van der Waals surface area (Å²) >= 11 is 0. The monoisotopic (exact) mass is 326 g/mol. The van der Waals surface area contributed by atoms with Gasteiger partial charge in [0.25, 0.3) is 5.91 Å². The van der Waals surface area contributed by atoms with Crippen molar-refractivity contribution in [2.45, 2.75) is 12.5 Å². The molecule has 1 unspecified atom stereocenters. The molecule has 0 heterocycles. The van der Waals surface area contributed by atoms with Crippen molar-refractivity contribution in [1.29, 1.82) is 0 Å². The Balaban J connectivity index is 2.18. The van der Waals surface area contributed by atoms with Crippen molar-refractivity contribution in [3.63, 3.8) is 0 Å². The van der Waals surface area contributed by atoms with Gasteiger partial charge in [0, 0.05) is 16.9 Å². The highest BCUT2D eigenvalue weighted by atomic mass is 16.4. The molecule has 122 valence electrons. The van der Waals surface area contributed by atoms with Gasteiger partial charge in [0.1, 0.15) is 11.8 Å². The highest BCUT2D eigenvalue weighted by Crippen LogP contribution is 2.19. The smallest absolute Gasteiger partial charge is 0.326 e. The summed E-state index contributed by atoms with van der Waals surface area (Å²) in [6.07, 6.45) is 0.0467. The number of carbonyl (C=O) groups excluding carboxylic acids is 1. The molecule has 0 spiro atoms. The minimum Gasteiger partial charge on any atom is -0.508 e. The zero-order chi connectivity index (χ0) is 17.5. The first-order valence-corrected chi connectivity index (χ1v) is 6.97. The number of azide groups is 1. The van der Waals surface area contributed by atoms with Gasteiger partial charge in [0.05, 0.1) is 5.69 Å². The third-order valence-corrected chi connectivity index (χ3v) is 3.28. The fourth-order valence-electron chi connectivity index (χ4n) is 2.10. The maximum atomic E-state index is 12.3. The average Bonchev–Trinajstić information content (AvgIpc) is 2.56. The molecule has 2 aromatic carbocycles. The van der Waals surface area contributed by atoms with Crippen LogP contribution in [0.1, 0.15) is 15.9 Å². The van der Waals surface area contributed by atoms with Crippen LogP contribution < -0.4 is 5.32 Å². The van der Waals surface area contributed by atoms with E-state index in [2.05, 4.69) is 15.3 Å². The minimum atomic E-state index is -1.20. The topological polar surface area (TPSA) is 135 Å². The Kier molecular flexibility index (Phi) is 5.38. The van der Waals surface area contributed by atoms with Gasteiger partial charge in [-0.15, -0.1) is 0 Å². The van der Waals surface area contributed by atoms with E-state index in [-0.39, 0.29) is 23.4 Å². The molecule has 1 amide bonds. The van der Waals surface area contributed by atoms with Gasteiger partial charge >= 0.3 is 5.97 Å². The molecule has 0 radical (unpaired) electrons. The maximum absolute atomic E-state index is 12.3. The van der Waals surface area contributed by atoms with E-state index in [1.165, 1.54) is 24.3 Å². The van der Waals surface area contributed by atoms with Gasteiger partial charge in [0.2, 0.25) is 0 Å². The molecule has 2 aromatic rings. The lowest BCUT2D eigenvalue weighted by Gasteiger charge is -2.15. The fraction of sp³-hybridized carbons (Fsp3) is 0.125. The summed E-state index contributed by atoms with van der Waals surface area (Å²) in [6, 6.07) is 11.0. The number of hydrogen-bond acceptors (Lipinski definition) is 4. The van der Waals surface area contributed by atoms with Crippen molar-refractivity contribution in [2.75, 3.05) is 0 Å². The van der Waals surface area contributed by atoms with Crippen LogP contribution in [-0.2, 0) is 11.2 Å². The molecular weight excluding hydrogens is 312 g/mol. The summed E-state index contributed by atoms with van der Waals surface area (Å²) in [5.41, 5.74) is 9.37. The molecule has 3 N–H and O–H groups in total. The summed E-state index contributed by atoms with van der Waals surface area (Å²) in [5.74, 6) is -1.78. The van der Waals surface area contributed by atoms with Crippen LogP contribution in [0.3, 0.4) is 0 Å². The number of phenols is 1. The normalized spacial score (nSPS) is 11.2. The van der Waals surface area contributed by atoms with Gasteiger partial charge < -0.3 is 15.5 Å². The number of benzene rings is 2. The predicted molar refractivity (Wildman–Crippen MR) is 85.9 cm³/mol. The van der Waals surface area contributed by atoms with Crippen LogP contribution in [0, 0.1) is 0 Å². The minimum absolute atomic E-state index is 0.0467. The number of aromatic hydroxyl groups is 1. The second-order valence-electron chi connectivity index (χ2n) is 4.94. The van der Waals surface area contributed by atoms with E-state index in [1.807, 2.05) is 0 Å². The Morgan fingerprint density at radius 2 is 1.83 bits per heavy atom. The predicted octanol–water partition coefficient (Wildman–Crippen LogP) is 2.76. The molecule has 0 fully saturated rings. The van der Waals surface area contributed by atoms with Crippen LogP contribution in [0.5, 0.6) is 5.75 Å². The molecule has 8 nitrogen and oxygen atoms in total. The van der Waals surface area contributed by atoms with E-state index in [4.69, 9.17) is 5.53 Å². The third kappa shape index (κ3) is 4.25. The zero-order valence-corrected chi connectivity index (χ0v) is 12.5. The van der Waals surface area contributed by atoms with Crippen molar-refractivity contribution >= 4 is 17.6 Å². The van der Waals surface area contributed by atoms with E-state index < -0.39 is 17.9 Å². The molecule has 0 saturated heterocycles. The van der Waals surface area contributed by atoms with Gasteiger partial charge in [-0.3, -0.25) is 4.79 Å². The molecule has 0 aliphatic carbocycles. The highest BCUT2D eigenvalue weighted by molar-refractivity contribution is 6.00. The van der Waals surface area contributed by atoms with Gasteiger partial charge in [-0.2, -0.15) is 0 Å². The molecule has 0 aromatic heterocycles. The lowest BCUT2D eigenvalue weighted by molar-refractivity contribution is -0.139. The van der Waals surface area contributed by atoms with Crippen molar-refractivity contribution < 1.29 is 19.8 Å². The van der Waals surface area contributed by atoms with Crippen molar-refractivity contribution in [3.8, 4) is 5.75 Å². The molecule has 0 aliphatic heterocycles. The number of nitrogens with one attached hydrogen (secondary N) is 1. The molecule has 1 atom stereocenters. The Hall–Kier alpha value is -3.51. The standard InChI is InChI=1S/C16H14N4O4/c17-20-19-13-4-2-1-3-12(13)15(22)18-14(16(23)24)9-10-5-7-11(21)8-6-10/h1-8,14,21H,9H2,(H,18,22)(H,23,24).